The second kappa shape index (κ2) is 8.58. The summed E-state index contributed by atoms with van der Waals surface area (Å²) in [7, 11) is 3.18. The fraction of sp³-hybridized carbons (Fsp3) is 0.286. The van der Waals surface area contributed by atoms with Gasteiger partial charge in [-0.3, -0.25) is 4.79 Å². The van der Waals surface area contributed by atoms with Gasteiger partial charge in [0, 0.05) is 37.8 Å². The highest BCUT2D eigenvalue weighted by Crippen LogP contribution is 2.25. The van der Waals surface area contributed by atoms with Crippen molar-refractivity contribution < 1.29 is 18.7 Å². The SMILES string of the molecule is COc1ccc(OC)c(C=CC(=O)N2CCN(c3ccccc3F)CC2)c1. The molecule has 0 unspecified atom stereocenters. The molecule has 0 saturated carbocycles. The number of hydrogen-bond acceptors (Lipinski definition) is 4. The third kappa shape index (κ3) is 4.39. The van der Waals surface area contributed by atoms with Crippen molar-refractivity contribution in [3.63, 3.8) is 0 Å². The molecule has 0 atom stereocenters. The van der Waals surface area contributed by atoms with E-state index in [1.54, 1.807) is 49.5 Å². The predicted octanol–water partition coefficient (Wildman–Crippen LogP) is 3.20. The van der Waals surface area contributed by atoms with Crippen LogP contribution in [-0.4, -0.2) is 51.2 Å². The molecular formula is C21H23FN2O3. The fourth-order valence-corrected chi connectivity index (χ4v) is 3.11. The van der Waals surface area contributed by atoms with E-state index in [1.165, 1.54) is 12.1 Å². The van der Waals surface area contributed by atoms with Crippen LogP contribution >= 0.6 is 0 Å². The van der Waals surface area contributed by atoms with E-state index >= 15 is 0 Å². The first kappa shape index (κ1) is 18.8. The lowest BCUT2D eigenvalue weighted by Crippen LogP contribution is -2.48. The maximum atomic E-state index is 13.9. The minimum Gasteiger partial charge on any atom is -0.497 e. The van der Waals surface area contributed by atoms with Crippen molar-refractivity contribution in [3.05, 3.63) is 59.9 Å². The number of ether oxygens (including phenoxy) is 2. The summed E-state index contributed by atoms with van der Waals surface area (Å²) in [6.07, 6.45) is 3.27. The maximum Gasteiger partial charge on any atom is 0.246 e. The number of para-hydroxylation sites is 1. The van der Waals surface area contributed by atoms with E-state index in [9.17, 15) is 9.18 Å². The molecule has 0 bridgehead atoms. The van der Waals surface area contributed by atoms with Gasteiger partial charge in [-0.1, -0.05) is 12.1 Å². The number of carbonyl (C=O) groups excluding carboxylic acids is 1. The van der Waals surface area contributed by atoms with Gasteiger partial charge in [0.05, 0.1) is 19.9 Å². The summed E-state index contributed by atoms with van der Waals surface area (Å²) in [4.78, 5) is 16.2. The molecule has 1 fully saturated rings. The van der Waals surface area contributed by atoms with Crippen molar-refractivity contribution in [2.24, 2.45) is 0 Å². The number of rotatable bonds is 5. The van der Waals surface area contributed by atoms with Crippen LogP contribution in [0.3, 0.4) is 0 Å². The topological polar surface area (TPSA) is 42.0 Å². The standard InChI is InChI=1S/C21H23FN2O3/c1-26-17-8-9-20(27-2)16(15-17)7-10-21(25)24-13-11-23(12-14-24)19-6-4-3-5-18(19)22/h3-10,15H,11-14H2,1-2H3. The Balaban J connectivity index is 1.63. The van der Waals surface area contributed by atoms with E-state index in [1.807, 2.05) is 17.0 Å². The van der Waals surface area contributed by atoms with Crippen LogP contribution in [0.15, 0.2) is 48.5 Å². The summed E-state index contributed by atoms with van der Waals surface area (Å²) < 4.78 is 24.5. The van der Waals surface area contributed by atoms with Gasteiger partial charge in [0.1, 0.15) is 17.3 Å². The van der Waals surface area contributed by atoms with Crippen LogP contribution in [0.2, 0.25) is 0 Å². The van der Waals surface area contributed by atoms with E-state index < -0.39 is 0 Å². The summed E-state index contributed by atoms with van der Waals surface area (Å²) in [5, 5.41) is 0. The summed E-state index contributed by atoms with van der Waals surface area (Å²) in [6, 6.07) is 12.1. The molecule has 2 aromatic carbocycles. The Bertz CT molecular complexity index is 830. The molecule has 1 aliphatic heterocycles. The van der Waals surface area contributed by atoms with Gasteiger partial charge in [-0.25, -0.2) is 4.39 Å². The lowest BCUT2D eigenvalue weighted by molar-refractivity contribution is -0.126. The number of nitrogens with zero attached hydrogens (tertiary/aromatic N) is 2. The summed E-state index contributed by atoms with van der Waals surface area (Å²) in [6.45, 7) is 2.30. The molecule has 0 radical (unpaired) electrons. The van der Waals surface area contributed by atoms with Crippen molar-refractivity contribution in [3.8, 4) is 11.5 Å². The van der Waals surface area contributed by atoms with Gasteiger partial charge in [-0.15, -0.1) is 0 Å². The van der Waals surface area contributed by atoms with Crippen LogP contribution in [0.5, 0.6) is 11.5 Å². The summed E-state index contributed by atoms with van der Waals surface area (Å²) in [5.74, 6) is 1.06. The third-order valence-electron chi connectivity index (χ3n) is 4.63. The highest BCUT2D eigenvalue weighted by Gasteiger charge is 2.21. The Morgan fingerprint density at radius 2 is 1.78 bits per heavy atom. The lowest BCUT2D eigenvalue weighted by atomic mass is 10.1. The molecule has 2 aromatic rings. The van der Waals surface area contributed by atoms with Crippen molar-refractivity contribution in [2.45, 2.75) is 0 Å². The molecule has 0 N–H and O–H groups in total. The average molecular weight is 370 g/mol. The van der Waals surface area contributed by atoms with Crippen LogP contribution in [0, 0.1) is 5.82 Å². The van der Waals surface area contributed by atoms with Crippen molar-refractivity contribution in [1.82, 2.24) is 4.90 Å². The number of methoxy groups -OCH3 is 2. The highest BCUT2D eigenvalue weighted by atomic mass is 19.1. The molecule has 1 aliphatic rings. The molecule has 1 amide bonds. The molecule has 0 aromatic heterocycles. The van der Waals surface area contributed by atoms with Gasteiger partial charge in [-0.05, 0) is 36.4 Å². The zero-order valence-corrected chi connectivity index (χ0v) is 15.5. The Morgan fingerprint density at radius 1 is 1.04 bits per heavy atom. The van der Waals surface area contributed by atoms with Gasteiger partial charge in [0.2, 0.25) is 5.91 Å². The number of hydrogen-bond donors (Lipinski definition) is 0. The Hall–Kier alpha value is -3.02. The monoisotopic (exact) mass is 370 g/mol. The molecule has 1 saturated heterocycles. The zero-order chi connectivity index (χ0) is 19.2. The van der Waals surface area contributed by atoms with E-state index in [2.05, 4.69) is 0 Å². The predicted molar refractivity (Wildman–Crippen MR) is 104 cm³/mol. The van der Waals surface area contributed by atoms with Crippen molar-refractivity contribution in [2.75, 3.05) is 45.3 Å². The van der Waals surface area contributed by atoms with Gasteiger partial charge in [-0.2, -0.15) is 0 Å². The second-order valence-electron chi connectivity index (χ2n) is 6.20. The van der Waals surface area contributed by atoms with Crippen molar-refractivity contribution in [1.29, 1.82) is 0 Å². The minimum atomic E-state index is -0.234. The minimum absolute atomic E-state index is 0.0759. The highest BCUT2D eigenvalue weighted by molar-refractivity contribution is 5.92. The first-order valence-corrected chi connectivity index (χ1v) is 8.81. The quantitative estimate of drug-likeness (QED) is 0.758. The van der Waals surface area contributed by atoms with E-state index in [0.29, 0.717) is 43.4 Å². The smallest absolute Gasteiger partial charge is 0.246 e. The molecule has 0 spiro atoms. The van der Waals surface area contributed by atoms with E-state index in [4.69, 9.17) is 9.47 Å². The summed E-state index contributed by atoms with van der Waals surface area (Å²) >= 11 is 0. The molecule has 1 heterocycles. The number of amides is 1. The van der Waals surface area contributed by atoms with Gasteiger partial charge in [0.15, 0.2) is 0 Å². The molecule has 5 nitrogen and oxygen atoms in total. The van der Waals surface area contributed by atoms with Crippen LogP contribution in [-0.2, 0) is 4.79 Å². The average Bonchev–Trinajstić information content (AvgIpc) is 2.72. The van der Waals surface area contributed by atoms with Crippen LogP contribution in [0.25, 0.3) is 6.08 Å². The Labute approximate surface area is 158 Å². The van der Waals surface area contributed by atoms with Crippen LogP contribution < -0.4 is 14.4 Å². The van der Waals surface area contributed by atoms with Crippen LogP contribution in [0.1, 0.15) is 5.56 Å². The van der Waals surface area contributed by atoms with E-state index in [0.717, 1.165) is 5.56 Å². The largest absolute Gasteiger partial charge is 0.497 e. The zero-order valence-electron chi connectivity index (χ0n) is 15.5. The number of halogens is 1. The molecular weight excluding hydrogens is 347 g/mol. The van der Waals surface area contributed by atoms with Gasteiger partial charge >= 0.3 is 0 Å². The van der Waals surface area contributed by atoms with Gasteiger partial charge < -0.3 is 19.3 Å². The lowest BCUT2D eigenvalue weighted by Gasteiger charge is -2.35. The molecule has 0 aliphatic carbocycles. The van der Waals surface area contributed by atoms with Crippen molar-refractivity contribution >= 4 is 17.7 Å². The number of carbonyl (C=O) groups is 1. The normalized spacial score (nSPS) is 14.5. The Kier molecular flexibility index (Phi) is 5.96. The van der Waals surface area contributed by atoms with E-state index in [-0.39, 0.29) is 11.7 Å². The fourth-order valence-electron chi connectivity index (χ4n) is 3.11. The molecule has 6 heteroatoms. The number of benzene rings is 2. The van der Waals surface area contributed by atoms with Gasteiger partial charge in [0.25, 0.3) is 0 Å². The third-order valence-corrected chi connectivity index (χ3v) is 4.63. The first-order valence-electron chi connectivity index (χ1n) is 8.81. The number of anilines is 1. The molecule has 27 heavy (non-hydrogen) atoms. The Morgan fingerprint density at radius 3 is 2.44 bits per heavy atom. The maximum absolute atomic E-state index is 13.9. The molecule has 142 valence electrons. The molecule has 3 rings (SSSR count). The van der Waals surface area contributed by atoms with Crippen LogP contribution in [0.4, 0.5) is 10.1 Å². The second-order valence-corrected chi connectivity index (χ2v) is 6.20. The summed E-state index contributed by atoms with van der Waals surface area (Å²) in [5.41, 5.74) is 1.36. The first-order chi connectivity index (χ1) is 13.1. The number of piperazine rings is 1.